The Morgan fingerprint density at radius 2 is 1.48 bits per heavy atom. The van der Waals surface area contributed by atoms with E-state index in [2.05, 4.69) is 49.9 Å². The van der Waals surface area contributed by atoms with E-state index in [1.54, 1.807) is 0 Å². The van der Waals surface area contributed by atoms with Crippen LogP contribution in [-0.2, 0) is 10.2 Å². The van der Waals surface area contributed by atoms with Gasteiger partial charge in [0.1, 0.15) is 5.41 Å². The minimum absolute atomic E-state index is 0.178. The Balaban J connectivity index is 1.82. The van der Waals surface area contributed by atoms with E-state index in [9.17, 15) is 4.79 Å². The van der Waals surface area contributed by atoms with Gasteiger partial charge >= 0.3 is 0 Å². The Morgan fingerprint density at radius 3 is 1.94 bits per heavy atom. The van der Waals surface area contributed by atoms with Gasteiger partial charge < -0.3 is 15.1 Å². The van der Waals surface area contributed by atoms with Gasteiger partial charge in [0.2, 0.25) is 5.91 Å². The molecule has 3 rings (SSSR count). The summed E-state index contributed by atoms with van der Waals surface area (Å²) in [6.45, 7) is 14.8. The molecule has 4 heteroatoms. The fourth-order valence-electron chi connectivity index (χ4n) is 5.69. The normalized spacial score (nSPS) is 17.7. The number of hydrogen-bond acceptors (Lipinski definition) is 2. The zero-order chi connectivity index (χ0) is 22.3. The minimum atomic E-state index is -0.784. The van der Waals surface area contributed by atoms with E-state index in [0.717, 1.165) is 37.2 Å². The van der Waals surface area contributed by atoms with Gasteiger partial charge in [0.25, 0.3) is 0 Å². The summed E-state index contributed by atoms with van der Waals surface area (Å²) in [5, 5.41) is 0. The van der Waals surface area contributed by atoms with E-state index in [-0.39, 0.29) is 11.8 Å². The van der Waals surface area contributed by atoms with Crippen LogP contribution in [0.15, 0.2) is 60.7 Å². The number of nitrogens with zero attached hydrogens (tertiary/aromatic N) is 2. The van der Waals surface area contributed by atoms with Gasteiger partial charge in [-0.15, -0.1) is 0 Å². The highest BCUT2D eigenvalue weighted by molar-refractivity contribution is 5.91. The lowest BCUT2D eigenvalue weighted by atomic mass is 9.64. The molecule has 1 unspecified atom stereocenters. The second-order valence-electron chi connectivity index (χ2n) is 9.06. The Morgan fingerprint density at radius 1 is 0.968 bits per heavy atom. The molecule has 2 N–H and O–H groups in total. The molecule has 4 nitrogen and oxygen atoms in total. The third kappa shape index (κ3) is 4.70. The SMILES string of the molecule is CC[N+](CC)(CC)CCCN1CCC(C(C(N)=O)(c2ccccc2)c2ccccc2)C1. The van der Waals surface area contributed by atoms with Crippen molar-refractivity contribution in [3.8, 4) is 0 Å². The van der Waals surface area contributed by atoms with E-state index >= 15 is 0 Å². The van der Waals surface area contributed by atoms with Crippen molar-refractivity contribution in [1.82, 2.24) is 4.90 Å². The number of hydrogen-bond donors (Lipinski definition) is 1. The predicted octanol–water partition coefficient (Wildman–Crippen LogP) is 4.05. The highest BCUT2D eigenvalue weighted by Crippen LogP contribution is 2.43. The number of carbonyl (C=O) groups is 1. The number of carbonyl (C=O) groups excluding carboxylic acids is 1. The molecule has 0 radical (unpaired) electrons. The molecule has 1 aliphatic heterocycles. The Hall–Kier alpha value is -2.17. The van der Waals surface area contributed by atoms with Gasteiger partial charge in [-0.3, -0.25) is 4.79 Å². The summed E-state index contributed by atoms with van der Waals surface area (Å²) in [5.74, 6) is -0.0621. The number of quaternary nitrogens is 1. The standard InChI is InChI=1S/C27H39N3O/c1-4-30(5-2,6-3)21-13-19-29-20-18-25(22-29)27(26(28)31,23-14-9-7-10-15-23)24-16-11-8-12-17-24/h7-12,14-17,25H,4-6,13,18-22H2,1-3H3,(H-,28,31)/p+1. The first kappa shape index (κ1) is 23.5. The molecule has 1 atom stereocenters. The van der Waals surface area contributed by atoms with Gasteiger partial charge in [-0.05, 0) is 50.8 Å². The molecule has 0 saturated carbocycles. The summed E-state index contributed by atoms with van der Waals surface area (Å²) in [7, 11) is 0. The third-order valence-electron chi connectivity index (χ3n) is 7.85. The van der Waals surface area contributed by atoms with Crippen molar-refractivity contribution in [3.63, 3.8) is 0 Å². The molecule has 2 aromatic rings. The van der Waals surface area contributed by atoms with Crippen LogP contribution in [0, 0.1) is 5.92 Å². The molecule has 1 aliphatic rings. The van der Waals surface area contributed by atoms with E-state index in [0.29, 0.717) is 0 Å². The molecule has 0 spiro atoms. The fraction of sp³-hybridized carbons (Fsp3) is 0.519. The van der Waals surface area contributed by atoms with E-state index < -0.39 is 5.41 Å². The number of benzene rings is 2. The monoisotopic (exact) mass is 422 g/mol. The van der Waals surface area contributed by atoms with Crippen molar-refractivity contribution in [1.29, 1.82) is 0 Å². The van der Waals surface area contributed by atoms with Gasteiger partial charge in [-0.1, -0.05) is 60.7 Å². The van der Waals surface area contributed by atoms with Crippen LogP contribution >= 0.6 is 0 Å². The number of nitrogens with two attached hydrogens (primary N) is 1. The summed E-state index contributed by atoms with van der Waals surface area (Å²) in [4.78, 5) is 15.7. The summed E-state index contributed by atoms with van der Waals surface area (Å²) in [6, 6.07) is 20.3. The first-order chi connectivity index (χ1) is 15.0. The Labute approximate surface area is 188 Å². The van der Waals surface area contributed by atoms with Gasteiger partial charge in [-0.25, -0.2) is 0 Å². The molecule has 31 heavy (non-hydrogen) atoms. The van der Waals surface area contributed by atoms with E-state index in [1.165, 1.54) is 37.1 Å². The van der Waals surface area contributed by atoms with Crippen LogP contribution in [0.4, 0.5) is 0 Å². The lowest BCUT2D eigenvalue weighted by Crippen LogP contribution is -2.50. The average Bonchev–Trinajstić information content (AvgIpc) is 3.28. The van der Waals surface area contributed by atoms with Gasteiger partial charge in [0.15, 0.2) is 0 Å². The van der Waals surface area contributed by atoms with E-state index in [1.807, 2.05) is 36.4 Å². The fourth-order valence-corrected chi connectivity index (χ4v) is 5.69. The highest BCUT2D eigenvalue weighted by atomic mass is 16.1. The van der Waals surface area contributed by atoms with Crippen molar-refractivity contribution in [2.75, 3.05) is 45.8 Å². The summed E-state index contributed by atoms with van der Waals surface area (Å²) >= 11 is 0. The van der Waals surface area contributed by atoms with Crippen LogP contribution in [0.1, 0.15) is 44.7 Å². The summed E-state index contributed by atoms with van der Waals surface area (Å²) < 4.78 is 1.19. The molecular weight excluding hydrogens is 382 g/mol. The Bertz CT molecular complexity index is 769. The lowest BCUT2D eigenvalue weighted by Gasteiger charge is -2.38. The van der Waals surface area contributed by atoms with Crippen molar-refractivity contribution < 1.29 is 9.28 Å². The van der Waals surface area contributed by atoms with Crippen molar-refractivity contribution in [2.24, 2.45) is 11.7 Å². The maximum atomic E-state index is 13.2. The summed E-state index contributed by atoms with van der Waals surface area (Å²) in [6.07, 6.45) is 2.19. The smallest absolute Gasteiger partial charge is 0.232 e. The largest absolute Gasteiger partial charge is 0.369 e. The second-order valence-corrected chi connectivity index (χ2v) is 9.06. The molecule has 0 aliphatic carbocycles. The van der Waals surface area contributed by atoms with Crippen LogP contribution in [0.2, 0.25) is 0 Å². The second kappa shape index (κ2) is 10.4. The van der Waals surface area contributed by atoms with Crippen molar-refractivity contribution in [3.05, 3.63) is 71.8 Å². The van der Waals surface area contributed by atoms with Crippen LogP contribution in [0.25, 0.3) is 0 Å². The summed E-state index contributed by atoms with van der Waals surface area (Å²) in [5.41, 5.74) is 7.45. The van der Waals surface area contributed by atoms with Crippen LogP contribution in [0.5, 0.6) is 0 Å². The quantitative estimate of drug-likeness (QED) is 0.556. The van der Waals surface area contributed by atoms with Crippen LogP contribution in [-0.4, -0.2) is 61.1 Å². The number of primary amides is 1. The van der Waals surface area contributed by atoms with Gasteiger partial charge in [-0.2, -0.15) is 0 Å². The first-order valence-corrected chi connectivity index (χ1v) is 12.0. The Kier molecular flexibility index (Phi) is 7.90. The molecule has 1 fully saturated rings. The molecule has 1 heterocycles. The molecular formula is C27H40N3O+. The number of rotatable bonds is 11. The average molecular weight is 423 g/mol. The maximum Gasteiger partial charge on any atom is 0.232 e. The van der Waals surface area contributed by atoms with Crippen LogP contribution < -0.4 is 5.73 Å². The lowest BCUT2D eigenvalue weighted by molar-refractivity contribution is -0.923. The van der Waals surface area contributed by atoms with Crippen LogP contribution in [0.3, 0.4) is 0 Å². The minimum Gasteiger partial charge on any atom is -0.369 e. The molecule has 0 bridgehead atoms. The zero-order valence-corrected chi connectivity index (χ0v) is 19.6. The molecule has 0 aromatic heterocycles. The molecule has 2 aromatic carbocycles. The topological polar surface area (TPSA) is 46.3 Å². The van der Waals surface area contributed by atoms with E-state index in [4.69, 9.17) is 5.73 Å². The van der Waals surface area contributed by atoms with Gasteiger partial charge in [0.05, 0.1) is 26.2 Å². The van der Waals surface area contributed by atoms with Gasteiger partial charge in [0, 0.05) is 19.5 Å². The predicted molar refractivity (Wildman–Crippen MR) is 129 cm³/mol. The number of amides is 1. The first-order valence-electron chi connectivity index (χ1n) is 12.0. The third-order valence-corrected chi connectivity index (χ3v) is 7.85. The number of likely N-dealkylation sites (tertiary alicyclic amines) is 1. The highest BCUT2D eigenvalue weighted by Gasteiger charge is 2.49. The maximum absolute atomic E-state index is 13.2. The van der Waals surface area contributed by atoms with Crippen molar-refractivity contribution in [2.45, 2.75) is 39.0 Å². The molecule has 1 saturated heterocycles. The molecule has 1 amide bonds. The van der Waals surface area contributed by atoms with Crippen molar-refractivity contribution >= 4 is 5.91 Å². The zero-order valence-electron chi connectivity index (χ0n) is 19.6. The molecule has 168 valence electrons.